The van der Waals surface area contributed by atoms with E-state index < -0.39 is 21.3 Å². The van der Waals surface area contributed by atoms with Gasteiger partial charge < -0.3 is 10.1 Å². The second-order valence-electron chi connectivity index (χ2n) is 8.57. The van der Waals surface area contributed by atoms with Gasteiger partial charge in [0.05, 0.1) is 18.9 Å². The molecule has 162 valence electrons. The molecule has 2 unspecified atom stereocenters. The molecule has 10 heteroatoms. The highest BCUT2D eigenvalue weighted by molar-refractivity contribution is 7.89. The van der Waals surface area contributed by atoms with Crippen molar-refractivity contribution in [3.05, 3.63) is 11.1 Å². The summed E-state index contributed by atoms with van der Waals surface area (Å²) < 4.78 is 32.8. The van der Waals surface area contributed by atoms with E-state index in [1.54, 1.807) is 6.20 Å². The highest BCUT2D eigenvalue weighted by Crippen LogP contribution is 2.64. The number of hydrogen-bond donors (Lipinski definition) is 1. The summed E-state index contributed by atoms with van der Waals surface area (Å²) in [5.74, 6) is -0.445. The van der Waals surface area contributed by atoms with Crippen molar-refractivity contribution >= 4 is 38.2 Å². The third-order valence-corrected chi connectivity index (χ3v) is 9.48. The van der Waals surface area contributed by atoms with Gasteiger partial charge >= 0.3 is 0 Å². The third kappa shape index (κ3) is 4.12. The Balaban J connectivity index is 1.78. The van der Waals surface area contributed by atoms with Crippen molar-refractivity contribution in [2.75, 3.05) is 37.9 Å². The zero-order chi connectivity index (χ0) is 21.4. The van der Waals surface area contributed by atoms with E-state index in [1.807, 2.05) is 20.8 Å². The lowest BCUT2D eigenvalue weighted by Crippen LogP contribution is -2.48. The number of rotatable bonds is 9. The Kier molecular flexibility index (Phi) is 6.20. The van der Waals surface area contributed by atoms with E-state index >= 15 is 0 Å². The van der Waals surface area contributed by atoms with Gasteiger partial charge in [-0.15, -0.1) is 11.3 Å². The number of amides is 1. The summed E-state index contributed by atoms with van der Waals surface area (Å²) >= 11 is 1.32. The maximum atomic E-state index is 13.3. The molecule has 1 heterocycles. The maximum Gasteiger partial charge on any atom is 0.241 e. The van der Waals surface area contributed by atoms with Crippen molar-refractivity contribution in [1.29, 1.82) is 0 Å². The summed E-state index contributed by atoms with van der Waals surface area (Å²) in [6.45, 7) is 5.76. The highest BCUT2D eigenvalue weighted by atomic mass is 32.2. The summed E-state index contributed by atoms with van der Waals surface area (Å²) in [4.78, 5) is 30.3. The normalized spacial score (nSPS) is 25.7. The Morgan fingerprint density at radius 3 is 2.69 bits per heavy atom. The molecule has 1 aromatic rings. The van der Waals surface area contributed by atoms with Gasteiger partial charge in [0.15, 0.2) is 5.13 Å². The number of ether oxygens (including phenoxy) is 1. The molecular weight excluding hydrogens is 414 g/mol. The standard InChI is InChI=1S/C19H29N3O5S2/c1-13-10-20-17(28-13)21-16(24)11-22(7-8-27-4)29(25,26)12-19-6-5-14(9-15(19)23)18(19,2)3/h10,14H,5-9,11-12H2,1-4H3,(H,20,21,24). The second kappa shape index (κ2) is 8.05. The van der Waals surface area contributed by atoms with Crippen LogP contribution in [0.25, 0.3) is 0 Å². The largest absolute Gasteiger partial charge is 0.383 e. The minimum atomic E-state index is -3.85. The molecule has 2 bridgehead atoms. The van der Waals surface area contributed by atoms with Crippen LogP contribution in [0.2, 0.25) is 0 Å². The molecule has 1 amide bonds. The van der Waals surface area contributed by atoms with Gasteiger partial charge in [-0.05, 0) is 31.1 Å². The second-order valence-corrected chi connectivity index (χ2v) is 11.8. The monoisotopic (exact) mass is 443 g/mol. The first-order chi connectivity index (χ1) is 13.5. The predicted octanol–water partition coefficient (Wildman–Crippen LogP) is 2.06. The Morgan fingerprint density at radius 2 is 2.17 bits per heavy atom. The SMILES string of the molecule is COCCN(CC(=O)Nc1ncc(C)s1)S(=O)(=O)CC12CCC(CC1=O)C2(C)C. The Morgan fingerprint density at radius 1 is 1.45 bits per heavy atom. The number of ketones is 1. The quantitative estimate of drug-likeness (QED) is 0.626. The summed E-state index contributed by atoms with van der Waals surface area (Å²) in [5, 5.41) is 3.08. The fraction of sp³-hybridized carbons (Fsp3) is 0.737. The maximum absolute atomic E-state index is 13.3. The fourth-order valence-corrected chi connectivity index (χ4v) is 7.58. The van der Waals surface area contributed by atoms with E-state index in [0.717, 1.165) is 15.6 Å². The summed E-state index contributed by atoms with van der Waals surface area (Å²) in [5.41, 5.74) is -1.23. The molecule has 3 rings (SSSR count). The van der Waals surface area contributed by atoms with E-state index in [-0.39, 0.29) is 42.6 Å². The number of carbonyl (C=O) groups excluding carboxylic acids is 2. The van der Waals surface area contributed by atoms with Crippen LogP contribution >= 0.6 is 11.3 Å². The van der Waals surface area contributed by atoms with Crippen LogP contribution in [0.1, 0.15) is 38.0 Å². The summed E-state index contributed by atoms with van der Waals surface area (Å²) in [6, 6.07) is 0. The molecule has 29 heavy (non-hydrogen) atoms. The zero-order valence-electron chi connectivity index (χ0n) is 17.4. The van der Waals surface area contributed by atoms with E-state index in [1.165, 1.54) is 18.4 Å². The van der Waals surface area contributed by atoms with Crippen LogP contribution in [-0.2, 0) is 24.3 Å². The first-order valence-electron chi connectivity index (χ1n) is 9.74. The Hall–Kier alpha value is -1.36. The minimum absolute atomic E-state index is 0.0386. The number of thiazole rings is 1. The third-order valence-electron chi connectivity index (χ3n) is 6.69. The number of anilines is 1. The van der Waals surface area contributed by atoms with Crippen molar-refractivity contribution in [2.24, 2.45) is 16.7 Å². The van der Waals surface area contributed by atoms with Crippen molar-refractivity contribution in [3.8, 4) is 0 Å². The number of hydrogen-bond acceptors (Lipinski definition) is 7. The smallest absolute Gasteiger partial charge is 0.241 e. The molecule has 0 radical (unpaired) electrons. The number of fused-ring (bicyclic) bond motifs is 2. The van der Waals surface area contributed by atoms with Crippen LogP contribution in [0.4, 0.5) is 5.13 Å². The van der Waals surface area contributed by atoms with Crippen molar-refractivity contribution < 1.29 is 22.7 Å². The molecule has 0 saturated heterocycles. The molecule has 2 saturated carbocycles. The molecule has 2 aliphatic rings. The van der Waals surface area contributed by atoms with Gasteiger partial charge in [0.2, 0.25) is 15.9 Å². The van der Waals surface area contributed by atoms with E-state index in [4.69, 9.17) is 4.74 Å². The van der Waals surface area contributed by atoms with Crippen molar-refractivity contribution in [1.82, 2.24) is 9.29 Å². The molecular formula is C19H29N3O5S2. The minimum Gasteiger partial charge on any atom is -0.383 e. The number of methoxy groups -OCH3 is 1. The first-order valence-corrected chi connectivity index (χ1v) is 12.2. The van der Waals surface area contributed by atoms with Crippen LogP contribution in [0.3, 0.4) is 0 Å². The van der Waals surface area contributed by atoms with E-state index in [2.05, 4.69) is 10.3 Å². The van der Waals surface area contributed by atoms with Crippen LogP contribution < -0.4 is 5.32 Å². The fourth-order valence-electron chi connectivity index (χ4n) is 4.75. The average molecular weight is 444 g/mol. The molecule has 2 aliphatic carbocycles. The molecule has 8 nitrogen and oxygen atoms in total. The van der Waals surface area contributed by atoms with Gasteiger partial charge in [-0.25, -0.2) is 13.4 Å². The lowest BCUT2D eigenvalue weighted by molar-refractivity contribution is -0.128. The van der Waals surface area contributed by atoms with Gasteiger partial charge in [0, 0.05) is 36.6 Å². The van der Waals surface area contributed by atoms with E-state index in [0.29, 0.717) is 18.0 Å². The first kappa shape index (κ1) is 22.3. The number of sulfonamides is 1. The number of nitrogens with one attached hydrogen (secondary N) is 1. The van der Waals surface area contributed by atoms with Gasteiger partial charge in [-0.1, -0.05) is 13.8 Å². The molecule has 0 aromatic carbocycles. The van der Waals surface area contributed by atoms with Gasteiger partial charge in [0.25, 0.3) is 0 Å². The Labute approximate surface area is 176 Å². The number of nitrogens with zero attached hydrogens (tertiary/aromatic N) is 2. The summed E-state index contributed by atoms with van der Waals surface area (Å²) in [7, 11) is -2.37. The predicted molar refractivity (Wildman–Crippen MR) is 111 cm³/mol. The van der Waals surface area contributed by atoms with Crippen LogP contribution in [0, 0.1) is 23.7 Å². The molecule has 1 aromatic heterocycles. The molecule has 2 fully saturated rings. The average Bonchev–Trinajstić information content (AvgIpc) is 3.19. The molecule has 0 spiro atoms. The lowest BCUT2D eigenvalue weighted by Gasteiger charge is -2.37. The zero-order valence-corrected chi connectivity index (χ0v) is 19.0. The van der Waals surface area contributed by atoms with Crippen molar-refractivity contribution in [3.63, 3.8) is 0 Å². The molecule has 2 atom stereocenters. The Bertz CT molecular complexity index is 895. The van der Waals surface area contributed by atoms with Gasteiger partial charge in [0.1, 0.15) is 5.78 Å². The number of Topliss-reactive ketones (excluding diaryl/α,β-unsaturated/α-hetero) is 1. The number of carbonyl (C=O) groups is 2. The topological polar surface area (TPSA) is 106 Å². The lowest BCUT2D eigenvalue weighted by atomic mass is 9.70. The number of aryl methyl sites for hydroxylation is 1. The van der Waals surface area contributed by atoms with Crippen LogP contribution in [0.15, 0.2) is 6.20 Å². The molecule has 1 N–H and O–H groups in total. The van der Waals surface area contributed by atoms with Crippen LogP contribution in [0.5, 0.6) is 0 Å². The van der Waals surface area contributed by atoms with Gasteiger partial charge in [-0.3, -0.25) is 9.59 Å². The highest BCUT2D eigenvalue weighted by Gasteiger charge is 2.65. The summed E-state index contributed by atoms with van der Waals surface area (Å²) in [6.07, 6.45) is 3.55. The van der Waals surface area contributed by atoms with Crippen LogP contribution in [-0.4, -0.2) is 62.0 Å². The van der Waals surface area contributed by atoms with Gasteiger partial charge in [-0.2, -0.15) is 4.31 Å². The van der Waals surface area contributed by atoms with Crippen molar-refractivity contribution in [2.45, 2.75) is 40.0 Å². The van der Waals surface area contributed by atoms with E-state index in [9.17, 15) is 18.0 Å². The molecule has 0 aliphatic heterocycles. The number of aromatic nitrogens is 1.